The first-order chi connectivity index (χ1) is 12.9. The van der Waals surface area contributed by atoms with Crippen molar-refractivity contribution in [3.8, 4) is 0 Å². The highest BCUT2D eigenvalue weighted by molar-refractivity contribution is 5.98. The van der Waals surface area contributed by atoms with Crippen LogP contribution in [0.4, 0.5) is 0 Å². The minimum Gasteiger partial charge on any atom is -0.467 e. The SMILES string of the molecule is C=C[C@@H](c1ccccc1)[C@@](CC(C)C)(NC(=O)c1ccccc1)C(=O)OC. The first-order valence-electron chi connectivity index (χ1n) is 9.08. The molecule has 2 rings (SSSR count). The Bertz CT molecular complexity index is 771. The third kappa shape index (κ3) is 4.64. The van der Waals surface area contributed by atoms with E-state index in [0.717, 1.165) is 5.56 Å². The Labute approximate surface area is 161 Å². The molecule has 27 heavy (non-hydrogen) atoms. The number of rotatable bonds is 8. The van der Waals surface area contributed by atoms with E-state index in [9.17, 15) is 9.59 Å². The first kappa shape index (κ1) is 20.4. The number of hydrogen-bond acceptors (Lipinski definition) is 3. The van der Waals surface area contributed by atoms with Crippen molar-refractivity contribution < 1.29 is 14.3 Å². The Morgan fingerprint density at radius 1 is 1.07 bits per heavy atom. The minimum absolute atomic E-state index is 0.145. The van der Waals surface area contributed by atoms with E-state index < -0.39 is 17.4 Å². The maximum Gasteiger partial charge on any atom is 0.332 e. The fourth-order valence-corrected chi connectivity index (χ4v) is 3.49. The van der Waals surface area contributed by atoms with Gasteiger partial charge in [-0.3, -0.25) is 4.79 Å². The van der Waals surface area contributed by atoms with Crippen LogP contribution in [-0.2, 0) is 9.53 Å². The predicted octanol–water partition coefficient (Wildman–Crippen LogP) is 4.34. The zero-order valence-corrected chi connectivity index (χ0v) is 16.1. The van der Waals surface area contributed by atoms with Gasteiger partial charge in [-0.05, 0) is 30.0 Å². The van der Waals surface area contributed by atoms with E-state index in [2.05, 4.69) is 11.9 Å². The molecule has 4 nitrogen and oxygen atoms in total. The summed E-state index contributed by atoms with van der Waals surface area (Å²) in [6.07, 6.45) is 2.13. The van der Waals surface area contributed by atoms with Crippen molar-refractivity contribution in [3.63, 3.8) is 0 Å². The van der Waals surface area contributed by atoms with Crippen LogP contribution < -0.4 is 5.32 Å². The fourth-order valence-electron chi connectivity index (χ4n) is 3.49. The van der Waals surface area contributed by atoms with E-state index in [1.54, 1.807) is 30.3 Å². The Kier molecular flexibility index (Phi) is 6.94. The van der Waals surface area contributed by atoms with E-state index in [-0.39, 0.29) is 11.8 Å². The van der Waals surface area contributed by atoms with Crippen molar-refractivity contribution in [2.24, 2.45) is 5.92 Å². The highest BCUT2D eigenvalue weighted by Gasteiger charge is 2.48. The molecule has 0 aliphatic heterocycles. The molecule has 0 spiro atoms. The van der Waals surface area contributed by atoms with Crippen molar-refractivity contribution >= 4 is 11.9 Å². The van der Waals surface area contributed by atoms with Crippen LogP contribution in [-0.4, -0.2) is 24.5 Å². The highest BCUT2D eigenvalue weighted by Crippen LogP contribution is 2.36. The number of methoxy groups -OCH3 is 1. The number of carbonyl (C=O) groups excluding carboxylic acids is 2. The first-order valence-corrected chi connectivity index (χ1v) is 9.08. The summed E-state index contributed by atoms with van der Waals surface area (Å²) in [4.78, 5) is 26.0. The third-order valence-corrected chi connectivity index (χ3v) is 4.58. The van der Waals surface area contributed by atoms with Gasteiger partial charge in [-0.25, -0.2) is 4.79 Å². The molecule has 0 unspecified atom stereocenters. The van der Waals surface area contributed by atoms with E-state index in [4.69, 9.17) is 4.74 Å². The molecule has 0 heterocycles. The largest absolute Gasteiger partial charge is 0.467 e. The summed E-state index contributed by atoms with van der Waals surface area (Å²) in [7, 11) is 1.34. The molecule has 0 fully saturated rings. The van der Waals surface area contributed by atoms with Crippen molar-refractivity contribution in [1.29, 1.82) is 0 Å². The molecule has 2 atom stereocenters. The summed E-state index contributed by atoms with van der Waals surface area (Å²) in [5, 5.41) is 2.99. The van der Waals surface area contributed by atoms with Crippen LogP contribution in [0, 0.1) is 5.92 Å². The number of amides is 1. The smallest absolute Gasteiger partial charge is 0.332 e. The average molecular weight is 365 g/mol. The van der Waals surface area contributed by atoms with Gasteiger partial charge in [0.15, 0.2) is 0 Å². The van der Waals surface area contributed by atoms with Gasteiger partial charge in [-0.2, -0.15) is 0 Å². The lowest BCUT2D eigenvalue weighted by atomic mass is 9.74. The lowest BCUT2D eigenvalue weighted by Crippen LogP contribution is -2.59. The molecule has 0 radical (unpaired) electrons. The summed E-state index contributed by atoms with van der Waals surface area (Å²) in [5.41, 5.74) is 0.135. The van der Waals surface area contributed by atoms with Gasteiger partial charge in [0.1, 0.15) is 5.54 Å². The summed E-state index contributed by atoms with van der Waals surface area (Å²) in [6.45, 7) is 7.97. The van der Waals surface area contributed by atoms with Crippen molar-refractivity contribution in [1.82, 2.24) is 5.32 Å². The van der Waals surface area contributed by atoms with Gasteiger partial charge in [0.05, 0.1) is 7.11 Å². The quantitative estimate of drug-likeness (QED) is 0.559. The van der Waals surface area contributed by atoms with Crippen LogP contribution in [0.5, 0.6) is 0 Å². The fraction of sp³-hybridized carbons (Fsp3) is 0.304. The Hall–Kier alpha value is -2.88. The predicted molar refractivity (Wildman–Crippen MR) is 107 cm³/mol. The molecule has 0 aliphatic carbocycles. The van der Waals surface area contributed by atoms with E-state index in [0.29, 0.717) is 12.0 Å². The zero-order valence-electron chi connectivity index (χ0n) is 16.1. The van der Waals surface area contributed by atoms with Gasteiger partial charge < -0.3 is 10.1 Å². The molecule has 2 aromatic carbocycles. The standard InChI is InChI=1S/C23H27NO3/c1-5-20(18-12-8-6-9-13-18)23(16-17(2)3,22(26)27-4)24-21(25)19-14-10-7-11-15-19/h5-15,17,20H,1,16H2,2-4H3,(H,24,25)/t20-,23+/m0/s1. The maximum absolute atomic E-state index is 13.0. The number of ether oxygens (including phenoxy) is 1. The highest BCUT2D eigenvalue weighted by atomic mass is 16.5. The minimum atomic E-state index is -1.25. The molecule has 1 N–H and O–H groups in total. The molecule has 2 aromatic rings. The van der Waals surface area contributed by atoms with Crippen LogP contribution in [0.2, 0.25) is 0 Å². The molecule has 0 bridgehead atoms. The number of benzene rings is 2. The topological polar surface area (TPSA) is 55.4 Å². The van der Waals surface area contributed by atoms with Crippen LogP contribution >= 0.6 is 0 Å². The lowest BCUT2D eigenvalue weighted by Gasteiger charge is -2.39. The van der Waals surface area contributed by atoms with Crippen LogP contribution in [0.15, 0.2) is 73.3 Å². The second kappa shape index (κ2) is 9.17. The average Bonchev–Trinajstić information content (AvgIpc) is 2.68. The number of nitrogens with one attached hydrogen (secondary N) is 1. The van der Waals surface area contributed by atoms with E-state index >= 15 is 0 Å². The van der Waals surface area contributed by atoms with Gasteiger partial charge in [0.2, 0.25) is 0 Å². The molecule has 0 saturated carbocycles. The van der Waals surface area contributed by atoms with Crippen LogP contribution in [0.3, 0.4) is 0 Å². The number of hydrogen-bond donors (Lipinski definition) is 1. The molecular formula is C23H27NO3. The molecular weight excluding hydrogens is 338 g/mol. The molecule has 0 aliphatic rings. The monoisotopic (exact) mass is 365 g/mol. The third-order valence-electron chi connectivity index (χ3n) is 4.58. The van der Waals surface area contributed by atoms with Gasteiger partial charge in [0.25, 0.3) is 5.91 Å². The molecule has 1 amide bonds. The number of esters is 1. The van der Waals surface area contributed by atoms with Gasteiger partial charge >= 0.3 is 5.97 Å². The summed E-state index contributed by atoms with van der Waals surface area (Å²) in [6, 6.07) is 18.4. The molecule has 0 saturated heterocycles. The van der Waals surface area contributed by atoms with Crippen molar-refractivity contribution in [2.45, 2.75) is 31.7 Å². The van der Waals surface area contributed by atoms with Crippen molar-refractivity contribution in [3.05, 3.63) is 84.4 Å². The van der Waals surface area contributed by atoms with E-state index in [1.165, 1.54) is 7.11 Å². The maximum atomic E-state index is 13.0. The Balaban J connectivity index is 2.56. The molecule has 4 heteroatoms. The van der Waals surface area contributed by atoms with Gasteiger partial charge in [0, 0.05) is 11.5 Å². The van der Waals surface area contributed by atoms with E-state index in [1.807, 2.05) is 50.2 Å². The normalized spacial score (nSPS) is 14.1. The van der Waals surface area contributed by atoms with Crippen LogP contribution in [0.25, 0.3) is 0 Å². The Morgan fingerprint density at radius 3 is 2.11 bits per heavy atom. The summed E-state index contributed by atoms with van der Waals surface area (Å²) in [5.74, 6) is -1.08. The number of carbonyl (C=O) groups is 2. The zero-order chi connectivity index (χ0) is 19.9. The van der Waals surface area contributed by atoms with Gasteiger partial charge in [-0.1, -0.05) is 68.5 Å². The van der Waals surface area contributed by atoms with Crippen LogP contribution in [0.1, 0.15) is 42.1 Å². The van der Waals surface area contributed by atoms with Crippen molar-refractivity contribution in [2.75, 3.05) is 7.11 Å². The molecule has 142 valence electrons. The second-order valence-electron chi connectivity index (χ2n) is 7.01. The summed E-state index contributed by atoms with van der Waals surface area (Å²) < 4.78 is 5.16. The molecule has 0 aromatic heterocycles. The second-order valence-corrected chi connectivity index (χ2v) is 7.01. The summed E-state index contributed by atoms with van der Waals surface area (Å²) >= 11 is 0. The lowest BCUT2D eigenvalue weighted by molar-refractivity contribution is -0.149. The van der Waals surface area contributed by atoms with Gasteiger partial charge in [-0.15, -0.1) is 6.58 Å². The Morgan fingerprint density at radius 2 is 1.63 bits per heavy atom.